The highest BCUT2D eigenvalue weighted by atomic mass is 79.9. The lowest BCUT2D eigenvalue weighted by Gasteiger charge is -2.15. The Morgan fingerprint density at radius 3 is 2.76 bits per heavy atom. The summed E-state index contributed by atoms with van der Waals surface area (Å²) in [6.45, 7) is 6.62. The highest BCUT2D eigenvalue weighted by Gasteiger charge is 2.11. The molecule has 1 aromatic heterocycles. The van der Waals surface area contributed by atoms with E-state index in [2.05, 4.69) is 63.4 Å². The number of hydrogen-bond donors (Lipinski definition) is 1. The van der Waals surface area contributed by atoms with Crippen LogP contribution in [-0.4, -0.2) is 18.0 Å². The van der Waals surface area contributed by atoms with Crippen LogP contribution in [0, 0.1) is 6.92 Å². The topological polar surface area (TPSA) is 15.3 Å². The first-order valence-electron chi connectivity index (χ1n) is 7.51. The van der Waals surface area contributed by atoms with Crippen LogP contribution in [0.25, 0.3) is 0 Å². The van der Waals surface area contributed by atoms with E-state index in [4.69, 9.17) is 0 Å². The fourth-order valence-electron chi connectivity index (χ4n) is 2.77. The average Bonchev–Trinajstić information content (AvgIpc) is 3.08. The lowest BCUT2D eigenvalue weighted by atomic mass is 10.2. The fourth-order valence-corrected chi connectivity index (χ4v) is 4.31. The van der Waals surface area contributed by atoms with Crippen molar-refractivity contribution in [3.63, 3.8) is 0 Å². The Hall–Kier alpha value is -0.840. The van der Waals surface area contributed by atoms with E-state index in [0.29, 0.717) is 0 Å². The molecule has 0 bridgehead atoms. The van der Waals surface area contributed by atoms with Crippen molar-refractivity contribution in [1.29, 1.82) is 0 Å². The summed E-state index contributed by atoms with van der Waals surface area (Å²) in [4.78, 5) is 5.25. The van der Waals surface area contributed by atoms with Gasteiger partial charge in [-0.25, -0.2) is 0 Å². The van der Waals surface area contributed by atoms with E-state index in [1.807, 2.05) is 11.3 Å². The summed E-state index contributed by atoms with van der Waals surface area (Å²) >= 11 is 5.43. The van der Waals surface area contributed by atoms with E-state index < -0.39 is 0 Å². The van der Waals surface area contributed by atoms with Gasteiger partial charge in [-0.1, -0.05) is 12.1 Å². The third kappa shape index (κ3) is 4.09. The van der Waals surface area contributed by atoms with Crippen LogP contribution in [0.15, 0.2) is 34.8 Å². The van der Waals surface area contributed by atoms with Crippen molar-refractivity contribution in [1.82, 2.24) is 4.90 Å². The molecule has 2 heterocycles. The zero-order chi connectivity index (χ0) is 14.7. The van der Waals surface area contributed by atoms with Crippen LogP contribution >= 0.6 is 27.3 Å². The van der Waals surface area contributed by atoms with Gasteiger partial charge in [0.05, 0.1) is 0 Å². The molecule has 1 fully saturated rings. The summed E-state index contributed by atoms with van der Waals surface area (Å²) in [6, 6.07) is 11.0. The second-order valence-electron chi connectivity index (χ2n) is 5.65. The zero-order valence-corrected chi connectivity index (χ0v) is 14.8. The highest BCUT2D eigenvalue weighted by molar-refractivity contribution is 9.10. The van der Waals surface area contributed by atoms with Gasteiger partial charge in [-0.05, 0) is 72.5 Å². The summed E-state index contributed by atoms with van der Waals surface area (Å²) in [5, 5.41) is 3.54. The molecule has 1 aliphatic heterocycles. The predicted octanol–water partition coefficient (Wildman–Crippen LogP) is 5.03. The summed E-state index contributed by atoms with van der Waals surface area (Å²) in [6.07, 6.45) is 2.70. The van der Waals surface area contributed by atoms with Crippen molar-refractivity contribution in [3.8, 4) is 0 Å². The van der Waals surface area contributed by atoms with E-state index >= 15 is 0 Å². The summed E-state index contributed by atoms with van der Waals surface area (Å²) in [5.74, 6) is 0. The van der Waals surface area contributed by atoms with Crippen LogP contribution in [0.1, 0.15) is 28.2 Å². The minimum absolute atomic E-state index is 0.893. The fraction of sp³-hybridized carbons (Fsp3) is 0.412. The van der Waals surface area contributed by atoms with Gasteiger partial charge in [0.1, 0.15) is 0 Å². The Morgan fingerprint density at radius 2 is 2.05 bits per heavy atom. The number of benzene rings is 1. The number of nitrogens with one attached hydrogen (secondary N) is 1. The van der Waals surface area contributed by atoms with Crippen LogP contribution in [-0.2, 0) is 13.1 Å². The van der Waals surface area contributed by atoms with Gasteiger partial charge in [0, 0.05) is 33.0 Å². The highest BCUT2D eigenvalue weighted by Crippen LogP contribution is 2.27. The summed E-state index contributed by atoms with van der Waals surface area (Å²) in [5.41, 5.74) is 2.62. The maximum Gasteiger partial charge on any atom is 0.0494 e. The molecule has 1 saturated heterocycles. The molecule has 0 spiro atoms. The van der Waals surface area contributed by atoms with E-state index in [1.54, 1.807) is 0 Å². The maximum absolute atomic E-state index is 3.58. The third-order valence-electron chi connectivity index (χ3n) is 3.91. The summed E-state index contributed by atoms with van der Waals surface area (Å²) < 4.78 is 1.21. The van der Waals surface area contributed by atoms with Gasteiger partial charge in [0.25, 0.3) is 0 Å². The number of anilines is 1. The van der Waals surface area contributed by atoms with Crippen molar-refractivity contribution in [3.05, 3.63) is 50.1 Å². The van der Waals surface area contributed by atoms with E-state index in [-0.39, 0.29) is 0 Å². The number of halogens is 1. The maximum atomic E-state index is 3.58. The minimum Gasteiger partial charge on any atom is -0.380 e. The standard InChI is InChI=1S/C17H21BrN2S/c1-13-17(18)10-16(21-13)11-19-15-6-4-5-14(9-15)12-20-7-2-3-8-20/h4-6,9-10,19H,2-3,7-8,11-12H2,1H3. The lowest BCUT2D eigenvalue weighted by Crippen LogP contribution is -2.18. The van der Waals surface area contributed by atoms with Crippen molar-refractivity contribution in [2.45, 2.75) is 32.9 Å². The number of thiophene rings is 1. The Bertz CT molecular complexity index is 583. The molecule has 3 rings (SSSR count). The smallest absolute Gasteiger partial charge is 0.0494 e. The molecule has 2 nitrogen and oxygen atoms in total. The monoisotopic (exact) mass is 364 g/mol. The molecule has 112 valence electrons. The normalized spacial score (nSPS) is 15.5. The molecule has 4 heteroatoms. The average molecular weight is 365 g/mol. The molecule has 1 aliphatic rings. The quantitative estimate of drug-likeness (QED) is 0.800. The molecule has 0 radical (unpaired) electrons. The number of nitrogens with zero attached hydrogens (tertiary/aromatic N) is 1. The van der Waals surface area contributed by atoms with Gasteiger partial charge in [-0.2, -0.15) is 0 Å². The first-order valence-corrected chi connectivity index (χ1v) is 9.11. The van der Waals surface area contributed by atoms with Gasteiger partial charge in [-0.3, -0.25) is 4.90 Å². The molecule has 0 atom stereocenters. The molecule has 1 N–H and O–H groups in total. The Balaban J connectivity index is 1.60. The van der Waals surface area contributed by atoms with Gasteiger partial charge < -0.3 is 5.32 Å². The molecule has 0 saturated carbocycles. The number of rotatable bonds is 5. The zero-order valence-electron chi connectivity index (χ0n) is 12.4. The Labute approximate surface area is 139 Å². The van der Waals surface area contributed by atoms with Crippen molar-refractivity contribution < 1.29 is 0 Å². The molecule has 2 aromatic rings. The van der Waals surface area contributed by atoms with Gasteiger partial charge in [0.2, 0.25) is 0 Å². The second-order valence-corrected chi connectivity index (χ2v) is 7.85. The van der Waals surface area contributed by atoms with Crippen LogP contribution in [0.3, 0.4) is 0 Å². The molecular formula is C17H21BrN2S. The predicted molar refractivity (Wildman–Crippen MR) is 95.0 cm³/mol. The summed E-state index contributed by atoms with van der Waals surface area (Å²) in [7, 11) is 0. The van der Waals surface area contributed by atoms with Gasteiger partial charge >= 0.3 is 0 Å². The SMILES string of the molecule is Cc1sc(CNc2cccc(CN3CCCC3)c2)cc1Br. The largest absolute Gasteiger partial charge is 0.380 e. The van der Waals surface area contributed by atoms with Crippen molar-refractivity contribution in [2.24, 2.45) is 0 Å². The van der Waals surface area contributed by atoms with Gasteiger partial charge in [-0.15, -0.1) is 11.3 Å². The van der Waals surface area contributed by atoms with E-state index in [0.717, 1.165) is 13.1 Å². The van der Waals surface area contributed by atoms with Crippen LogP contribution in [0.5, 0.6) is 0 Å². The van der Waals surface area contributed by atoms with Crippen molar-refractivity contribution in [2.75, 3.05) is 18.4 Å². The van der Waals surface area contributed by atoms with Crippen LogP contribution in [0.4, 0.5) is 5.69 Å². The first-order chi connectivity index (χ1) is 10.2. The van der Waals surface area contributed by atoms with Crippen LogP contribution in [0.2, 0.25) is 0 Å². The molecule has 0 aliphatic carbocycles. The third-order valence-corrected chi connectivity index (χ3v) is 6.04. The Kier molecular flexibility index (Phi) is 4.99. The number of aryl methyl sites for hydroxylation is 1. The van der Waals surface area contributed by atoms with Crippen molar-refractivity contribution >= 4 is 33.0 Å². The molecule has 1 aromatic carbocycles. The lowest BCUT2D eigenvalue weighted by molar-refractivity contribution is 0.331. The van der Waals surface area contributed by atoms with Gasteiger partial charge in [0.15, 0.2) is 0 Å². The molecule has 21 heavy (non-hydrogen) atoms. The Morgan fingerprint density at radius 1 is 1.24 bits per heavy atom. The molecule has 0 unspecified atom stereocenters. The van der Waals surface area contributed by atoms with E-state index in [9.17, 15) is 0 Å². The van der Waals surface area contributed by atoms with Crippen LogP contribution < -0.4 is 5.32 Å². The first kappa shape index (κ1) is 15.1. The molecule has 0 amide bonds. The number of hydrogen-bond acceptors (Lipinski definition) is 3. The molecular weight excluding hydrogens is 344 g/mol. The van der Waals surface area contributed by atoms with E-state index in [1.165, 1.54) is 51.4 Å². The minimum atomic E-state index is 0.893. The second kappa shape index (κ2) is 6.95. The number of likely N-dealkylation sites (tertiary alicyclic amines) is 1.